The fourth-order valence-electron chi connectivity index (χ4n) is 3.64. The summed E-state index contributed by atoms with van der Waals surface area (Å²) in [6.45, 7) is 6.91. The Labute approximate surface area is 172 Å². The number of hydrogen-bond acceptors (Lipinski definition) is 3. The van der Waals surface area contributed by atoms with E-state index in [0.717, 1.165) is 38.0 Å². The number of aryl methyl sites for hydroxylation is 2. The van der Waals surface area contributed by atoms with Crippen molar-refractivity contribution in [3.63, 3.8) is 0 Å². The third-order valence-corrected chi connectivity index (χ3v) is 5.13. The molecule has 29 heavy (non-hydrogen) atoms. The predicted molar refractivity (Wildman–Crippen MR) is 116 cm³/mol. The lowest BCUT2D eigenvalue weighted by molar-refractivity contribution is -0.121. The van der Waals surface area contributed by atoms with Crippen LogP contribution in [0.4, 0.5) is 10.5 Å². The summed E-state index contributed by atoms with van der Waals surface area (Å²) < 4.78 is 0. The van der Waals surface area contributed by atoms with Crippen molar-refractivity contribution in [2.24, 2.45) is 0 Å². The van der Waals surface area contributed by atoms with Crippen molar-refractivity contribution in [1.29, 1.82) is 0 Å². The first-order valence-electron chi connectivity index (χ1n) is 10.2. The van der Waals surface area contributed by atoms with Crippen LogP contribution in [0.1, 0.15) is 29.5 Å². The van der Waals surface area contributed by atoms with Crippen LogP contribution < -0.4 is 16.0 Å². The van der Waals surface area contributed by atoms with E-state index in [1.807, 2.05) is 31.2 Å². The number of carbonyl (C=O) groups excluding carboxylic acids is 2. The van der Waals surface area contributed by atoms with Gasteiger partial charge in [-0.2, -0.15) is 0 Å². The fraction of sp³-hybridized carbons (Fsp3) is 0.391. The molecule has 3 N–H and O–H groups in total. The Bertz CT molecular complexity index is 844. The number of nitrogens with zero attached hydrogens (tertiary/aromatic N) is 1. The van der Waals surface area contributed by atoms with Crippen molar-refractivity contribution < 1.29 is 9.59 Å². The number of carbonyl (C=O) groups is 2. The molecule has 1 heterocycles. The summed E-state index contributed by atoms with van der Waals surface area (Å²) in [4.78, 5) is 26.5. The lowest BCUT2D eigenvalue weighted by Crippen LogP contribution is -2.47. The van der Waals surface area contributed by atoms with E-state index in [1.165, 1.54) is 11.1 Å². The molecule has 0 radical (unpaired) electrons. The van der Waals surface area contributed by atoms with E-state index in [-0.39, 0.29) is 24.5 Å². The van der Waals surface area contributed by atoms with Gasteiger partial charge in [0.1, 0.15) is 0 Å². The molecule has 2 aromatic rings. The summed E-state index contributed by atoms with van der Waals surface area (Å²) in [6, 6.07) is 15.9. The van der Waals surface area contributed by atoms with Crippen LogP contribution in [0.25, 0.3) is 0 Å². The number of benzene rings is 2. The molecule has 0 spiro atoms. The van der Waals surface area contributed by atoms with Crippen LogP contribution >= 0.6 is 0 Å². The average Bonchev–Trinajstić information content (AvgIpc) is 2.68. The highest BCUT2D eigenvalue weighted by Crippen LogP contribution is 2.15. The minimum Gasteiger partial charge on any atom is -0.352 e. The Morgan fingerprint density at radius 2 is 1.69 bits per heavy atom. The van der Waals surface area contributed by atoms with Crippen molar-refractivity contribution in [3.05, 3.63) is 65.2 Å². The van der Waals surface area contributed by atoms with Gasteiger partial charge in [0.25, 0.3) is 0 Å². The van der Waals surface area contributed by atoms with Crippen molar-refractivity contribution >= 4 is 17.6 Å². The molecule has 0 aromatic heterocycles. The van der Waals surface area contributed by atoms with Gasteiger partial charge < -0.3 is 16.0 Å². The SMILES string of the molecule is Cc1cccc(CN2CCC(NC(=O)CNC(=O)Nc3cccc(C)c3)CC2)c1. The first-order valence-corrected chi connectivity index (χ1v) is 10.2. The Kier molecular flexibility index (Phi) is 7.25. The molecular weight excluding hydrogens is 364 g/mol. The summed E-state index contributed by atoms with van der Waals surface area (Å²) in [7, 11) is 0. The predicted octanol–water partition coefficient (Wildman–Crippen LogP) is 3.21. The number of urea groups is 1. The molecular formula is C23H30N4O2. The second-order valence-electron chi connectivity index (χ2n) is 7.78. The summed E-state index contributed by atoms with van der Waals surface area (Å²) >= 11 is 0. The van der Waals surface area contributed by atoms with Gasteiger partial charge in [-0.1, -0.05) is 42.0 Å². The van der Waals surface area contributed by atoms with Crippen molar-refractivity contribution in [1.82, 2.24) is 15.5 Å². The van der Waals surface area contributed by atoms with E-state index >= 15 is 0 Å². The lowest BCUT2D eigenvalue weighted by Gasteiger charge is -2.32. The Morgan fingerprint density at radius 3 is 2.38 bits per heavy atom. The summed E-state index contributed by atoms with van der Waals surface area (Å²) in [6.07, 6.45) is 1.85. The fourth-order valence-corrected chi connectivity index (χ4v) is 3.64. The van der Waals surface area contributed by atoms with Crippen LogP contribution in [-0.4, -0.2) is 42.5 Å². The van der Waals surface area contributed by atoms with E-state index in [2.05, 4.69) is 52.0 Å². The second-order valence-corrected chi connectivity index (χ2v) is 7.78. The summed E-state index contributed by atoms with van der Waals surface area (Å²) in [5.74, 6) is -0.151. The van der Waals surface area contributed by atoms with Crippen LogP contribution in [0.3, 0.4) is 0 Å². The molecule has 0 saturated carbocycles. The molecule has 0 bridgehead atoms. The lowest BCUT2D eigenvalue weighted by atomic mass is 10.0. The van der Waals surface area contributed by atoms with Gasteiger partial charge in [0.2, 0.25) is 5.91 Å². The molecule has 0 atom stereocenters. The van der Waals surface area contributed by atoms with Crippen molar-refractivity contribution in [3.8, 4) is 0 Å². The maximum atomic E-state index is 12.2. The first kappa shape index (κ1) is 20.9. The smallest absolute Gasteiger partial charge is 0.319 e. The molecule has 0 aliphatic carbocycles. The number of hydrogen-bond donors (Lipinski definition) is 3. The number of likely N-dealkylation sites (tertiary alicyclic amines) is 1. The van der Waals surface area contributed by atoms with Gasteiger partial charge in [0.15, 0.2) is 0 Å². The molecule has 1 aliphatic rings. The highest BCUT2D eigenvalue weighted by Gasteiger charge is 2.20. The molecule has 154 valence electrons. The normalized spacial score (nSPS) is 15.0. The standard InChI is InChI=1S/C23H30N4O2/c1-17-5-3-7-19(13-17)16-27-11-9-20(10-12-27)25-22(28)15-24-23(29)26-21-8-4-6-18(2)14-21/h3-8,13-14,20H,9-12,15-16H2,1-2H3,(H,25,28)(H2,24,26,29). The largest absolute Gasteiger partial charge is 0.352 e. The van der Waals surface area contributed by atoms with E-state index in [0.29, 0.717) is 5.69 Å². The number of anilines is 1. The molecule has 0 unspecified atom stereocenters. The molecule has 3 amide bonds. The molecule has 6 heteroatoms. The number of nitrogens with one attached hydrogen (secondary N) is 3. The van der Waals surface area contributed by atoms with Crippen molar-refractivity contribution in [2.45, 2.75) is 39.3 Å². The maximum Gasteiger partial charge on any atom is 0.319 e. The maximum absolute atomic E-state index is 12.2. The van der Waals surface area contributed by atoms with Crippen LogP contribution in [0.2, 0.25) is 0 Å². The zero-order valence-electron chi connectivity index (χ0n) is 17.2. The second kappa shape index (κ2) is 10.1. The van der Waals surface area contributed by atoms with Gasteiger partial charge >= 0.3 is 6.03 Å². The monoisotopic (exact) mass is 394 g/mol. The highest BCUT2D eigenvalue weighted by atomic mass is 16.2. The van der Waals surface area contributed by atoms with E-state index in [1.54, 1.807) is 0 Å². The molecule has 2 aromatic carbocycles. The summed E-state index contributed by atoms with van der Waals surface area (Å²) in [5, 5.41) is 8.38. The number of piperidine rings is 1. The van der Waals surface area contributed by atoms with Gasteiger partial charge in [-0.05, 0) is 49.9 Å². The quantitative estimate of drug-likeness (QED) is 0.704. The molecule has 3 rings (SSSR count). The molecule has 6 nitrogen and oxygen atoms in total. The summed E-state index contributed by atoms with van der Waals surface area (Å²) in [5.41, 5.74) is 4.39. The van der Waals surface area contributed by atoms with Crippen LogP contribution in [0, 0.1) is 13.8 Å². The molecule has 1 aliphatic heterocycles. The Morgan fingerprint density at radius 1 is 1.00 bits per heavy atom. The first-order chi connectivity index (χ1) is 14.0. The van der Waals surface area contributed by atoms with Gasteiger partial charge in [0.05, 0.1) is 6.54 Å². The number of amides is 3. The minimum atomic E-state index is -0.376. The van der Waals surface area contributed by atoms with E-state index in [4.69, 9.17) is 0 Å². The minimum absolute atomic E-state index is 0.0266. The topological polar surface area (TPSA) is 73.5 Å². The zero-order chi connectivity index (χ0) is 20.6. The Balaban J connectivity index is 1.34. The van der Waals surface area contributed by atoms with Gasteiger partial charge in [-0.25, -0.2) is 4.79 Å². The molecule has 1 fully saturated rings. The number of rotatable bonds is 6. The third-order valence-electron chi connectivity index (χ3n) is 5.13. The van der Waals surface area contributed by atoms with Gasteiger partial charge in [-0.3, -0.25) is 9.69 Å². The molecule has 1 saturated heterocycles. The van der Waals surface area contributed by atoms with Gasteiger partial charge in [0, 0.05) is 31.4 Å². The van der Waals surface area contributed by atoms with Crippen molar-refractivity contribution in [2.75, 3.05) is 25.0 Å². The Hall–Kier alpha value is -2.86. The average molecular weight is 395 g/mol. The third kappa shape index (κ3) is 6.91. The van der Waals surface area contributed by atoms with Gasteiger partial charge in [-0.15, -0.1) is 0 Å². The van der Waals surface area contributed by atoms with E-state index in [9.17, 15) is 9.59 Å². The highest BCUT2D eigenvalue weighted by molar-refractivity contribution is 5.92. The van der Waals surface area contributed by atoms with E-state index < -0.39 is 0 Å². The zero-order valence-corrected chi connectivity index (χ0v) is 17.2. The van der Waals surface area contributed by atoms with Crippen LogP contribution in [-0.2, 0) is 11.3 Å². The van der Waals surface area contributed by atoms with Crippen LogP contribution in [0.5, 0.6) is 0 Å². The van der Waals surface area contributed by atoms with Crippen LogP contribution in [0.15, 0.2) is 48.5 Å².